The van der Waals surface area contributed by atoms with E-state index in [4.69, 9.17) is 17.0 Å². The monoisotopic (exact) mass is 342 g/mol. The molecule has 2 aliphatic heterocycles. The largest absolute Gasteiger partial charge is 0.497 e. The molecule has 0 radical (unpaired) electrons. The molecule has 2 heterocycles. The fourth-order valence-electron chi connectivity index (χ4n) is 3.88. The fourth-order valence-corrected chi connectivity index (χ4v) is 4.11. The van der Waals surface area contributed by atoms with Gasteiger partial charge in [0, 0.05) is 23.7 Å². The molecule has 126 valence electrons. The maximum absolute atomic E-state index is 5.49. The number of hydrogen-bond acceptors (Lipinski definition) is 4. The lowest BCUT2D eigenvalue weighted by atomic mass is 9.78. The van der Waals surface area contributed by atoms with E-state index >= 15 is 0 Å². The van der Waals surface area contributed by atoms with Crippen LogP contribution in [0.5, 0.6) is 5.75 Å². The van der Waals surface area contributed by atoms with Crippen LogP contribution in [-0.4, -0.2) is 31.1 Å². The van der Waals surface area contributed by atoms with Gasteiger partial charge in [-0.3, -0.25) is 4.99 Å². The van der Waals surface area contributed by atoms with Crippen LogP contribution < -0.4 is 20.7 Å². The molecule has 2 atom stereocenters. The quantitative estimate of drug-likeness (QED) is 0.736. The molecule has 24 heavy (non-hydrogen) atoms. The Morgan fingerprint density at radius 1 is 1.25 bits per heavy atom. The van der Waals surface area contributed by atoms with Crippen molar-refractivity contribution in [3.8, 4) is 5.75 Å². The molecule has 0 bridgehead atoms. The first-order valence-electron chi connectivity index (χ1n) is 8.49. The average molecular weight is 342 g/mol. The van der Waals surface area contributed by atoms with Crippen LogP contribution in [0.25, 0.3) is 0 Å². The normalized spacial score (nSPS) is 26.0. The van der Waals surface area contributed by atoms with Gasteiger partial charge in [0.05, 0.1) is 19.7 Å². The topological polar surface area (TPSA) is 57.7 Å². The Balaban J connectivity index is 1.70. The standard InChI is InChI=1S/C18H22N4OS/c1-23-12-7-5-11(6-8-12)15-13-3-2-4-14(17-19-9-10-20-17)16(13)22-18(24)21-15/h5-8,13,15H,2-4,9-10H2,1H3,(H,19,20)(H2,21,22,24)/t13-,15-/m0/s1. The summed E-state index contributed by atoms with van der Waals surface area (Å²) in [7, 11) is 1.69. The third-order valence-corrected chi connectivity index (χ3v) is 5.23. The Morgan fingerprint density at radius 2 is 2.08 bits per heavy atom. The number of hydrogen-bond donors (Lipinski definition) is 3. The zero-order valence-electron chi connectivity index (χ0n) is 13.8. The van der Waals surface area contributed by atoms with E-state index in [-0.39, 0.29) is 6.04 Å². The Hall–Kier alpha value is -2.08. The smallest absolute Gasteiger partial charge is 0.171 e. The maximum Gasteiger partial charge on any atom is 0.171 e. The third kappa shape index (κ3) is 2.75. The van der Waals surface area contributed by atoms with E-state index in [2.05, 4.69) is 33.1 Å². The Kier molecular flexibility index (Phi) is 4.14. The lowest BCUT2D eigenvalue weighted by molar-refractivity contribution is 0.367. The third-order valence-electron chi connectivity index (χ3n) is 5.01. The molecule has 1 saturated heterocycles. The molecule has 3 aliphatic rings. The molecule has 0 saturated carbocycles. The van der Waals surface area contributed by atoms with Gasteiger partial charge in [0.2, 0.25) is 0 Å². The number of nitrogens with zero attached hydrogens (tertiary/aromatic N) is 1. The molecule has 5 nitrogen and oxygen atoms in total. The number of rotatable bonds is 3. The molecule has 1 fully saturated rings. The molecule has 0 unspecified atom stereocenters. The average Bonchev–Trinajstić information content (AvgIpc) is 3.15. The van der Waals surface area contributed by atoms with E-state index in [9.17, 15) is 0 Å². The van der Waals surface area contributed by atoms with Gasteiger partial charge in [0.25, 0.3) is 0 Å². The summed E-state index contributed by atoms with van der Waals surface area (Å²) in [5, 5.41) is 11.0. The molecule has 0 aromatic heterocycles. The minimum atomic E-state index is 0.192. The molecule has 1 aromatic rings. The molecular formula is C18H22N4OS. The van der Waals surface area contributed by atoms with Crippen molar-refractivity contribution in [1.29, 1.82) is 0 Å². The van der Waals surface area contributed by atoms with Gasteiger partial charge in [-0.1, -0.05) is 12.1 Å². The minimum absolute atomic E-state index is 0.192. The van der Waals surface area contributed by atoms with Crippen LogP contribution in [-0.2, 0) is 0 Å². The number of methoxy groups -OCH3 is 1. The first-order valence-corrected chi connectivity index (χ1v) is 8.90. The number of fused-ring (bicyclic) bond motifs is 1. The molecule has 4 rings (SSSR count). The summed E-state index contributed by atoms with van der Waals surface area (Å²) in [5.74, 6) is 2.32. The van der Waals surface area contributed by atoms with Crippen molar-refractivity contribution in [2.24, 2.45) is 10.9 Å². The zero-order valence-corrected chi connectivity index (χ0v) is 14.6. The van der Waals surface area contributed by atoms with Gasteiger partial charge in [-0.05, 0) is 49.2 Å². The van der Waals surface area contributed by atoms with Crippen molar-refractivity contribution in [3.63, 3.8) is 0 Å². The second-order valence-corrected chi connectivity index (χ2v) is 6.81. The Bertz CT molecular complexity index is 710. The van der Waals surface area contributed by atoms with Crippen LogP contribution in [0.15, 0.2) is 40.5 Å². The fraction of sp³-hybridized carbons (Fsp3) is 0.444. The highest BCUT2D eigenvalue weighted by molar-refractivity contribution is 7.80. The van der Waals surface area contributed by atoms with Gasteiger partial charge in [0.1, 0.15) is 11.6 Å². The molecule has 1 aromatic carbocycles. The van der Waals surface area contributed by atoms with Crippen molar-refractivity contribution >= 4 is 23.2 Å². The number of nitrogens with one attached hydrogen (secondary N) is 3. The summed E-state index contributed by atoms with van der Waals surface area (Å²) in [4.78, 5) is 4.62. The van der Waals surface area contributed by atoms with Crippen LogP contribution in [0.2, 0.25) is 0 Å². The second-order valence-electron chi connectivity index (χ2n) is 6.40. The Labute approximate surface area is 147 Å². The Morgan fingerprint density at radius 3 is 2.79 bits per heavy atom. The molecule has 3 N–H and O–H groups in total. The van der Waals surface area contributed by atoms with Crippen LogP contribution in [0, 0.1) is 5.92 Å². The first-order chi connectivity index (χ1) is 11.8. The predicted molar refractivity (Wildman–Crippen MR) is 99.3 cm³/mol. The SMILES string of the molecule is COc1ccc([C@@H]2NC(=S)NC3=C(C4=NCCN4)CCC[C@H]32)cc1. The number of ether oxygens (including phenoxy) is 1. The van der Waals surface area contributed by atoms with Crippen molar-refractivity contribution in [1.82, 2.24) is 16.0 Å². The summed E-state index contributed by atoms with van der Waals surface area (Å²) >= 11 is 5.49. The van der Waals surface area contributed by atoms with Crippen molar-refractivity contribution in [2.45, 2.75) is 25.3 Å². The van der Waals surface area contributed by atoms with E-state index in [0.717, 1.165) is 37.5 Å². The second kappa shape index (κ2) is 6.43. The van der Waals surface area contributed by atoms with Gasteiger partial charge < -0.3 is 20.7 Å². The molecule has 1 aliphatic carbocycles. The van der Waals surface area contributed by atoms with Gasteiger partial charge >= 0.3 is 0 Å². The highest BCUT2D eigenvalue weighted by Gasteiger charge is 2.37. The summed E-state index contributed by atoms with van der Waals surface area (Å²) in [6.45, 7) is 1.79. The zero-order chi connectivity index (χ0) is 16.5. The van der Waals surface area contributed by atoms with Crippen molar-refractivity contribution < 1.29 is 4.74 Å². The van der Waals surface area contributed by atoms with Gasteiger partial charge in [-0.2, -0.15) is 0 Å². The highest BCUT2D eigenvalue weighted by Crippen LogP contribution is 2.40. The van der Waals surface area contributed by atoms with Gasteiger partial charge in [-0.25, -0.2) is 0 Å². The van der Waals surface area contributed by atoms with E-state index < -0.39 is 0 Å². The summed E-state index contributed by atoms with van der Waals surface area (Å²) in [5.41, 5.74) is 3.80. The van der Waals surface area contributed by atoms with Gasteiger partial charge in [-0.15, -0.1) is 0 Å². The highest BCUT2D eigenvalue weighted by atomic mass is 32.1. The van der Waals surface area contributed by atoms with Gasteiger partial charge in [0.15, 0.2) is 5.11 Å². The molecule has 0 amide bonds. The lowest BCUT2D eigenvalue weighted by Gasteiger charge is -2.40. The van der Waals surface area contributed by atoms with Crippen LogP contribution >= 0.6 is 12.2 Å². The number of aliphatic imine (C=N–C) groups is 1. The van der Waals surface area contributed by atoms with Crippen molar-refractivity contribution in [3.05, 3.63) is 41.1 Å². The number of thiocarbonyl (C=S) groups is 1. The summed E-state index contributed by atoms with van der Waals surface area (Å²) in [6, 6.07) is 8.47. The molecule has 6 heteroatoms. The number of amidine groups is 1. The molecule has 0 spiro atoms. The maximum atomic E-state index is 5.49. The van der Waals surface area contributed by atoms with Crippen LogP contribution in [0.1, 0.15) is 30.9 Å². The minimum Gasteiger partial charge on any atom is -0.497 e. The lowest BCUT2D eigenvalue weighted by Crippen LogP contribution is -2.50. The van der Waals surface area contributed by atoms with Crippen LogP contribution in [0.4, 0.5) is 0 Å². The van der Waals surface area contributed by atoms with E-state index in [1.165, 1.54) is 23.3 Å². The van der Waals surface area contributed by atoms with E-state index in [1.807, 2.05) is 12.1 Å². The van der Waals surface area contributed by atoms with Crippen LogP contribution in [0.3, 0.4) is 0 Å². The summed E-state index contributed by atoms with van der Waals surface area (Å²) < 4.78 is 5.28. The van der Waals surface area contributed by atoms with E-state index in [1.54, 1.807) is 7.11 Å². The summed E-state index contributed by atoms with van der Waals surface area (Å²) in [6.07, 6.45) is 3.38. The predicted octanol–water partition coefficient (Wildman–Crippen LogP) is 2.27. The number of benzene rings is 1. The molecular weight excluding hydrogens is 320 g/mol. The van der Waals surface area contributed by atoms with Crippen molar-refractivity contribution in [2.75, 3.05) is 20.2 Å². The van der Waals surface area contributed by atoms with E-state index in [0.29, 0.717) is 11.0 Å². The first kappa shape index (κ1) is 15.4.